The van der Waals surface area contributed by atoms with Gasteiger partial charge in [-0.15, -0.1) is 0 Å². The number of hydrogen-bond donors (Lipinski definition) is 1. The molecule has 10 heavy (non-hydrogen) atoms. The SMILES string of the molecule is CC1CN2CCC=C2CN1. The Morgan fingerprint density at radius 2 is 2.60 bits per heavy atom. The molecule has 2 nitrogen and oxygen atoms in total. The first-order chi connectivity index (χ1) is 4.86. The summed E-state index contributed by atoms with van der Waals surface area (Å²) in [7, 11) is 0. The fraction of sp³-hybridized carbons (Fsp3) is 0.750. The van der Waals surface area contributed by atoms with Gasteiger partial charge in [-0.1, -0.05) is 6.08 Å². The third-order valence-electron chi connectivity index (χ3n) is 2.31. The normalized spacial score (nSPS) is 31.9. The minimum atomic E-state index is 0.676. The average Bonchev–Trinajstić information content (AvgIpc) is 2.33. The first-order valence-corrected chi connectivity index (χ1v) is 4.03. The highest BCUT2D eigenvalue weighted by atomic mass is 15.2. The number of nitrogens with zero attached hydrogens (tertiary/aromatic N) is 1. The lowest BCUT2D eigenvalue weighted by molar-refractivity contribution is 0.284. The van der Waals surface area contributed by atoms with E-state index in [1.54, 1.807) is 0 Å². The summed E-state index contributed by atoms with van der Waals surface area (Å²) in [5.41, 5.74) is 1.51. The molecule has 1 fully saturated rings. The Balaban J connectivity index is 2.06. The van der Waals surface area contributed by atoms with Crippen molar-refractivity contribution in [2.75, 3.05) is 19.6 Å². The summed E-state index contributed by atoms with van der Waals surface area (Å²) < 4.78 is 0. The van der Waals surface area contributed by atoms with E-state index in [0.29, 0.717) is 6.04 Å². The van der Waals surface area contributed by atoms with E-state index in [2.05, 4.69) is 23.2 Å². The van der Waals surface area contributed by atoms with Crippen LogP contribution in [-0.4, -0.2) is 30.6 Å². The van der Waals surface area contributed by atoms with E-state index in [-0.39, 0.29) is 0 Å². The van der Waals surface area contributed by atoms with Crippen molar-refractivity contribution in [2.24, 2.45) is 0 Å². The third kappa shape index (κ3) is 0.926. The van der Waals surface area contributed by atoms with Gasteiger partial charge < -0.3 is 10.2 Å². The van der Waals surface area contributed by atoms with E-state index < -0.39 is 0 Å². The highest BCUT2D eigenvalue weighted by molar-refractivity contribution is 5.12. The molecule has 1 saturated heterocycles. The molecule has 1 atom stereocenters. The Kier molecular flexibility index (Phi) is 1.42. The number of piperazine rings is 1. The molecule has 2 heteroatoms. The largest absolute Gasteiger partial charge is 0.372 e. The average molecular weight is 138 g/mol. The van der Waals surface area contributed by atoms with Crippen molar-refractivity contribution >= 4 is 0 Å². The molecule has 1 unspecified atom stereocenters. The molecule has 2 aliphatic rings. The Morgan fingerprint density at radius 1 is 1.70 bits per heavy atom. The van der Waals surface area contributed by atoms with Gasteiger partial charge in [-0.25, -0.2) is 0 Å². The minimum absolute atomic E-state index is 0.676. The maximum absolute atomic E-state index is 3.44. The molecule has 2 heterocycles. The first-order valence-electron chi connectivity index (χ1n) is 4.03. The van der Waals surface area contributed by atoms with Crippen LogP contribution in [0.25, 0.3) is 0 Å². The van der Waals surface area contributed by atoms with Crippen LogP contribution in [0.5, 0.6) is 0 Å². The summed E-state index contributed by atoms with van der Waals surface area (Å²) in [4.78, 5) is 2.49. The van der Waals surface area contributed by atoms with Crippen LogP contribution in [0, 0.1) is 0 Å². The van der Waals surface area contributed by atoms with Gasteiger partial charge in [0.15, 0.2) is 0 Å². The molecular formula is C8H14N2. The predicted octanol–water partition coefficient (Wildman–Crippen LogP) is 0.568. The van der Waals surface area contributed by atoms with Gasteiger partial charge in [-0.05, 0) is 13.3 Å². The molecule has 0 amide bonds. The highest BCUT2D eigenvalue weighted by Gasteiger charge is 2.21. The zero-order chi connectivity index (χ0) is 6.97. The molecule has 2 rings (SSSR count). The molecule has 0 saturated carbocycles. The van der Waals surface area contributed by atoms with Crippen molar-refractivity contribution in [1.29, 1.82) is 0 Å². The zero-order valence-electron chi connectivity index (χ0n) is 6.43. The van der Waals surface area contributed by atoms with Crippen molar-refractivity contribution in [1.82, 2.24) is 10.2 Å². The number of hydrogen-bond acceptors (Lipinski definition) is 2. The van der Waals surface area contributed by atoms with Crippen molar-refractivity contribution < 1.29 is 0 Å². The second kappa shape index (κ2) is 2.27. The summed E-state index contributed by atoms with van der Waals surface area (Å²) in [6.45, 7) is 5.78. The predicted molar refractivity (Wildman–Crippen MR) is 41.7 cm³/mol. The smallest absolute Gasteiger partial charge is 0.0355 e. The van der Waals surface area contributed by atoms with Gasteiger partial charge in [0, 0.05) is 31.4 Å². The standard InChI is InChI=1S/C8H14N2/c1-7-6-10-4-2-3-8(10)5-9-7/h3,7,9H,2,4-6H2,1H3. The molecule has 1 N–H and O–H groups in total. The van der Waals surface area contributed by atoms with Crippen molar-refractivity contribution in [3.05, 3.63) is 11.8 Å². The Bertz CT molecular complexity index is 163. The van der Waals surface area contributed by atoms with Gasteiger partial charge in [0.05, 0.1) is 0 Å². The fourth-order valence-electron chi connectivity index (χ4n) is 1.73. The van der Waals surface area contributed by atoms with Gasteiger partial charge >= 0.3 is 0 Å². The summed E-state index contributed by atoms with van der Waals surface area (Å²) in [6.07, 6.45) is 3.60. The Hall–Kier alpha value is -0.500. The molecule has 0 aromatic carbocycles. The van der Waals surface area contributed by atoms with Crippen molar-refractivity contribution in [3.8, 4) is 0 Å². The molecule has 56 valence electrons. The van der Waals surface area contributed by atoms with Gasteiger partial charge in [0.1, 0.15) is 0 Å². The monoisotopic (exact) mass is 138 g/mol. The van der Waals surface area contributed by atoms with Gasteiger partial charge in [0.2, 0.25) is 0 Å². The highest BCUT2D eigenvalue weighted by Crippen LogP contribution is 2.17. The molecule has 0 aliphatic carbocycles. The van der Waals surface area contributed by atoms with Gasteiger partial charge in [0.25, 0.3) is 0 Å². The van der Waals surface area contributed by atoms with Crippen molar-refractivity contribution in [2.45, 2.75) is 19.4 Å². The molecule has 0 bridgehead atoms. The third-order valence-corrected chi connectivity index (χ3v) is 2.31. The second-order valence-electron chi connectivity index (χ2n) is 3.21. The summed E-state index contributed by atoms with van der Waals surface area (Å²) >= 11 is 0. The number of rotatable bonds is 0. The van der Waals surface area contributed by atoms with Crippen LogP contribution >= 0.6 is 0 Å². The lowest BCUT2D eigenvalue weighted by atomic mass is 10.2. The molecule has 0 spiro atoms. The van der Waals surface area contributed by atoms with Crippen LogP contribution in [0.15, 0.2) is 11.8 Å². The summed E-state index contributed by atoms with van der Waals surface area (Å²) in [6, 6.07) is 0.676. The van der Waals surface area contributed by atoms with E-state index in [1.807, 2.05) is 0 Å². The maximum Gasteiger partial charge on any atom is 0.0355 e. The van der Waals surface area contributed by atoms with Gasteiger partial charge in [-0.3, -0.25) is 0 Å². The molecular weight excluding hydrogens is 124 g/mol. The second-order valence-corrected chi connectivity index (χ2v) is 3.21. The van der Waals surface area contributed by atoms with E-state index in [1.165, 1.54) is 25.2 Å². The van der Waals surface area contributed by atoms with E-state index >= 15 is 0 Å². The maximum atomic E-state index is 3.44. The van der Waals surface area contributed by atoms with Crippen LogP contribution in [0.3, 0.4) is 0 Å². The van der Waals surface area contributed by atoms with Crippen LogP contribution in [0.1, 0.15) is 13.3 Å². The molecule has 2 aliphatic heterocycles. The van der Waals surface area contributed by atoms with Crippen LogP contribution in [0.2, 0.25) is 0 Å². The topological polar surface area (TPSA) is 15.3 Å². The van der Waals surface area contributed by atoms with E-state index in [4.69, 9.17) is 0 Å². The zero-order valence-corrected chi connectivity index (χ0v) is 6.43. The van der Waals surface area contributed by atoms with Crippen LogP contribution < -0.4 is 5.32 Å². The first kappa shape index (κ1) is 6.23. The molecule has 0 aromatic rings. The summed E-state index contributed by atoms with van der Waals surface area (Å²) in [5.74, 6) is 0. The van der Waals surface area contributed by atoms with Crippen molar-refractivity contribution in [3.63, 3.8) is 0 Å². The Morgan fingerprint density at radius 3 is 3.50 bits per heavy atom. The van der Waals surface area contributed by atoms with Crippen LogP contribution in [0.4, 0.5) is 0 Å². The van der Waals surface area contributed by atoms with Gasteiger partial charge in [-0.2, -0.15) is 0 Å². The number of nitrogens with one attached hydrogen (secondary N) is 1. The van der Waals surface area contributed by atoms with Crippen LogP contribution in [-0.2, 0) is 0 Å². The minimum Gasteiger partial charge on any atom is -0.372 e. The van der Waals surface area contributed by atoms with E-state index in [9.17, 15) is 0 Å². The summed E-state index contributed by atoms with van der Waals surface area (Å²) in [5, 5.41) is 3.44. The lowest BCUT2D eigenvalue weighted by Crippen LogP contribution is -2.46. The quantitative estimate of drug-likeness (QED) is 0.526. The molecule has 0 aromatic heterocycles. The van der Waals surface area contributed by atoms with E-state index in [0.717, 1.165) is 6.54 Å². The molecule has 0 radical (unpaired) electrons. The number of fused-ring (bicyclic) bond motifs is 1. The Labute approximate surface area is 61.9 Å². The lowest BCUT2D eigenvalue weighted by Gasteiger charge is -2.32. The fourth-order valence-corrected chi connectivity index (χ4v) is 1.73.